The van der Waals surface area contributed by atoms with E-state index in [2.05, 4.69) is 25.9 Å². The first-order valence-corrected chi connectivity index (χ1v) is 8.69. The molecule has 0 aliphatic rings. The van der Waals surface area contributed by atoms with Crippen LogP contribution in [0.4, 0.5) is 4.39 Å². The lowest BCUT2D eigenvalue weighted by Crippen LogP contribution is -1.97. The number of sulfone groups is 1. The van der Waals surface area contributed by atoms with Crippen LogP contribution >= 0.6 is 15.9 Å². The van der Waals surface area contributed by atoms with Crippen molar-refractivity contribution < 1.29 is 12.8 Å². The van der Waals surface area contributed by atoms with Crippen LogP contribution in [-0.2, 0) is 9.84 Å². The summed E-state index contributed by atoms with van der Waals surface area (Å²) in [6, 6.07) is 9.67. The first-order chi connectivity index (χ1) is 9.88. The second-order valence-corrected chi connectivity index (χ2v) is 7.45. The van der Waals surface area contributed by atoms with Gasteiger partial charge in [-0.15, -0.1) is 0 Å². The minimum Gasteiger partial charge on any atom is -0.338 e. The number of halogens is 2. The molecule has 0 fully saturated rings. The van der Waals surface area contributed by atoms with E-state index in [-0.39, 0.29) is 10.5 Å². The molecule has 2 aromatic carbocycles. The highest BCUT2D eigenvalue weighted by Crippen LogP contribution is 2.29. The number of nitrogens with zero attached hydrogens (tertiary/aromatic N) is 1. The summed E-state index contributed by atoms with van der Waals surface area (Å²) in [5.74, 6) is -0.155. The van der Waals surface area contributed by atoms with Crippen molar-refractivity contribution in [1.82, 2.24) is 9.97 Å². The van der Waals surface area contributed by atoms with Crippen LogP contribution in [0.1, 0.15) is 0 Å². The number of aromatic nitrogens is 2. The van der Waals surface area contributed by atoms with E-state index in [0.717, 1.165) is 6.26 Å². The van der Waals surface area contributed by atoms with Crippen molar-refractivity contribution in [3.63, 3.8) is 0 Å². The third-order valence-corrected chi connectivity index (χ3v) is 4.82. The van der Waals surface area contributed by atoms with Crippen molar-refractivity contribution in [2.24, 2.45) is 0 Å². The Kier molecular flexibility index (Phi) is 3.33. The van der Waals surface area contributed by atoms with E-state index in [9.17, 15) is 12.8 Å². The molecule has 0 saturated heterocycles. The molecular weight excluding hydrogens is 359 g/mol. The molecule has 0 unspecified atom stereocenters. The smallest absolute Gasteiger partial charge is 0.177 e. The fourth-order valence-corrected chi connectivity index (χ4v) is 3.32. The standard InChI is InChI=1S/C14H10BrFN2O2S/c1-21(19,20)11-7-3-6-10-13(11)18-14(17-10)8-4-2-5-9(15)12(8)16/h2-7H,1H3,(H,17,18). The Morgan fingerprint density at radius 1 is 1.19 bits per heavy atom. The highest BCUT2D eigenvalue weighted by Gasteiger charge is 2.17. The van der Waals surface area contributed by atoms with Gasteiger partial charge in [-0.05, 0) is 40.2 Å². The number of H-pyrrole nitrogens is 1. The molecule has 0 aliphatic heterocycles. The van der Waals surface area contributed by atoms with Gasteiger partial charge in [-0.1, -0.05) is 12.1 Å². The molecule has 0 bridgehead atoms. The molecule has 3 rings (SSSR count). The second kappa shape index (κ2) is 4.92. The molecule has 0 atom stereocenters. The topological polar surface area (TPSA) is 62.8 Å². The number of benzene rings is 2. The molecule has 21 heavy (non-hydrogen) atoms. The zero-order valence-electron chi connectivity index (χ0n) is 10.9. The molecule has 4 nitrogen and oxygen atoms in total. The van der Waals surface area contributed by atoms with Gasteiger partial charge in [0.1, 0.15) is 17.2 Å². The van der Waals surface area contributed by atoms with Crippen molar-refractivity contribution in [1.29, 1.82) is 0 Å². The van der Waals surface area contributed by atoms with Gasteiger partial charge in [-0.2, -0.15) is 0 Å². The van der Waals surface area contributed by atoms with Crippen molar-refractivity contribution in [2.75, 3.05) is 6.26 Å². The summed E-state index contributed by atoms with van der Waals surface area (Å²) >= 11 is 3.12. The first kappa shape index (κ1) is 14.2. The Morgan fingerprint density at radius 3 is 2.62 bits per heavy atom. The van der Waals surface area contributed by atoms with Crippen LogP contribution in [-0.4, -0.2) is 24.6 Å². The number of imidazole rings is 1. The van der Waals surface area contributed by atoms with E-state index in [1.165, 1.54) is 6.07 Å². The predicted molar refractivity (Wildman–Crippen MR) is 82.3 cm³/mol. The van der Waals surface area contributed by atoms with Gasteiger partial charge in [0.2, 0.25) is 0 Å². The summed E-state index contributed by atoms with van der Waals surface area (Å²) in [5.41, 5.74) is 1.14. The quantitative estimate of drug-likeness (QED) is 0.752. The van der Waals surface area contributed by atoms with Gasteiger partial charge < -0.3 is 4.98 Å². The third-order valence-electron chi connectivity index (χ3n) is 3.08. The lowest BCUT2D eigenvalue weighted by Gasteiger charge is -2.00. The van der Waals surface area contributed by atoms with Gasteiger partial charge in [-0.25, -0.2) is 17.8 Å². The van der Waals surface area contributed by atoms with E-state index in [4.69, 9.17) is 0 Å². The number of nitrogens with one attached hydrogen (secondary N) is 1. The lowest BCUT2D eigenvalue weighted by molar-refractivity contribution is 0.602. The molecule has 1 heterocycles. The van der Waals surface area contributed by atoms with Crippen LogP contribution in [0.2, 0.25) is 0 Å². The molecule has 0 radical (unpaired) electrons. The summed E-state index contributed by atoms with van der Waals surface area (Å²) in [6.07, 6.45) is 1.12. The van der Waals surface area contributed by atoms with E-state index in [1.54, 1.807) is 30.3 Å². The monoisotopic (exact) mass is 368 g/mol. The number of rotatable bonds is 2. The summed E-state index contributed by atoms with van der Waals surface area (Å²) in [5, 5.41) is 0. The van der Waals surface area contributed by atoms with Gasteiger partial charge >= 0.3 is 0 Å². The van der Waals surface area contributed by atoms with Crippen molar-refractivity contribution in [2.45, 2.75) is 4.90 Å². The largest absolute Gasteiger partial charge is 0.338 e. The SMILES string of the molecule is CS(=O)(=O)c1cccc2[nH]c(-c3cccc(Br)c3F)nc12. The fraction of sp³-hybridized carbons (Fsp3) is 0.0714. The highest BCUT2D eigenvalue weighted by atomic mass is 79.9. The maximum absolute atomic E-state index is 14.1. The molecule has 0 aliphatic carbocycles. The minimum atomic E-state index is -3.40. The van der Waals surface area contributed by atoms with Crippen LogP contribution in [0.15, 0.2) is 45.8 Å². The maximum atomic E-state index is 14.1. The molecule has 0 spiro atoms. The molecule has 1 aromatic heterocycles. The van der Waals surface area contributed by atoms with E-state index in [1.807, 2.05) is 0 Å². The van der Waals surface area contributed by atoms with E-state index >= 15 is 0 Å². The van der Waals surface area contributed by atoms with Gasteiger partial charge in [0.15, 0.2) is 9.84 Å². The molecule has 3 aromatic rings. The van der Waals surface area contributed by atoms with Crippen molar-refractivity contribution in [3.8, 4) is 11.4 Å². The lowest BCUT2D eigenvalue weighted by atomic mass is 10.2. The average molecular weight is 369 g/mol. The van der Waals surface area contributed by atoms with Gasteiger partial charge in [0.25, 0.3) is 0 Å². The number of hydrogen-bond donors (Lipinski definition) is 1. The van der Waals surface area contributed by atoms with Crippen molar-refractivity contribution in [3.05, 3.63) is 46.7 Å². The second-order valence-electron chi connectivity index (χ2n) is 4.61. The normalized spacial score (nSPS) is 12.0. The average Bonchev–Trinajstić information content (AvgIpc) is 2.84. The summed E-state index contributed by atoms with van der Waals surface area (Å²) in [7, 11) is -3.40. The predicted octanol–water partition coefficient (Wildman–Crippen LogP) is 3.54. The Hall–Kier alpha value is -1.73. The molecule has 0 amide bonds. The Labute approximate surface area is 129 Å². The highest BCUT2D eigenvalue weighted by molar-refractivity contribution is 9.10. The number of hydrogen-bond acceptors (Lipinski definition) is 3. The Bertz CT molecular complexity index is 951. The van der Waals surface area contributed by atoms with Gasteiger partial charge in [-0.3, -0.25) is 0 Å². The maximum Gasteiger partial charge on any atom is 0.177 e. The first-order valence-electron chi connectivity index (χ1n) is 6.01. The Balaban J connectivity index is 2.30. The molecule has 1 N–H and O–H groups in total. The summed E-state index contributed by atoms with van der Waals surface area (Å²) in [4.78, 5) is 7.33. The Morgan fingerprint density at radius 2 is 1.90 bits per heavy atom. The molecular formula is C14H10BrFN2O2S. The molecule has 7 heteroatoms. The summed E-state index contributed by atoms with van der Waals surface area (Å²) in [6.45, 7) is 0. The van der Waals surface area contributed by atoms with Crippen LogP contribution in [0.25, 0.3) is 22.4 Å². The fourth-order valence-electron chi connectivity index (χ4n) is 2.12. The zero-order chi connectivity index (χ0) is 15.2. The summed E-state index contributed by atoms with van der Waals surface area (Å²) < 4.78 is 38.0. The zero-order valence-corrected chi connectivity index (χ0v) is 13.3. The van der Waals surface area contributed by atoms with Crippen LogP contribution in [0.3, 0.4) is 0 Å². The number of fused-ring (bicyclic) bond motifs is 1. The van der Waals surface area contributed by atoms with Crippen LogP contribution in [0.5, 0.6) is 0 Å². The van der Waals surface area contributed by atoms with Crippen LogP contribution in [0, 0.1) is 5.82 Å². The molecule has 108 valence electrons. The third kappa shape index (κ3) is 2.47. The number of aromatic amines is 1. The van der Waals surface area contributed by atoms with Crippen LogP contribution < -0.4 is 0 Å². The van der Waals surface area contributed by atoms with Gasteiger partial charge in [0.05, 0.1) is 20.4 Å². The van der Waals surface area contributed by atoms with Crippen molar-refractivity contribution >= 4 is 36.8 Å². The molecule has 0 saturated carbocycles. The minimum absolute atomic E-state index is 0.123. The van der Waals surface area contributed by atoms with Gasteiger partial charge in [0, 0.05) is 6.26 Å². The van der Waals surface area contributed by atoms with E-state index < -0.39 is 15.7 Å². The number of para-hydroxylation sites is 1. The van der Waals surface area contributed by atoms with E-state index in [0.29, 0.717) is 21.3 Å².